The number of aromatic nitrogens is 2. The summed E-state index contributed by atoms with van der Waals surface area (Å²) < 4.78 is 14.9. The summed E-state index contributed by atoms with van der Waals surface area (Å²) in [5.74, 6) is -0.508. The highest BCUT2D eigenvalue weighted by Gasteiger charge is 2.28. The monoisotopic (exact) mass is 384 g/mol. The SMILES string of the molecule is O=C(NC1CCCC1)c1nc(C(=O)NCc2ccc(F)cc2)n2c1CCCC2. The van der Waals surface area contributed by atoms with Crippen molar-refractivity contribution in [1.29, 1.82) is 0 Å². The van der Waals surface area contributed by atoms with Crippen molar-refractivity contribution in [1.82, 2.24) is 20.2 Å². The number of carbonyl (C=O) groups excluding carboxylic acids is 2. The molecule has 2 aliphatic rings. The number of nitrogens with zero attached hydrogens (tertiary/aromatic N) is 2. The van der Waals surface area contributed by atoms with Crippen LogP contribution >= 0.6 is 0 Å². The van der Waals surface area contributed by atoms with Gasteiger partial charge in [-0.2, -0.15) is 0 Å². The van der Waals surface area contributed by atoms with Gasteiger partial charge in [0.2, 0.25) is 0 Å². The van der Waals surface area contributed by atoms with Crippen LogP contribution in [0.15, 0.2) is 24.3 Å². The summed E-state index contributed by atoms with van der Waals surface area (Å²) in [4.78, 5) is 29.9. The van der Waals surface area contributed by atoms with E-state index in [0.717, 1.165) is 56.2 Å². The van der Waals surface area contributed by atoms with Gasteiger partial charge in [-0.1, -0.05) is 25.0 Å². The zero-order chi connectivity index (χ0) is 19.5. The van der Waals surface area contributed by atoms with Crippen LogP contribution in [0.5, 0.6) is 0 Å². The minimum Gasteiger partial charge on any atom is -0.348 e. The lowest BCUT2D eigenvalue weighted by Crippen LogP contribution is -2.33. The Labute approximate surface area is 163 Å². The minimum absolute atomic E-state index is 0.171. The number of hydrogen-bond acceptors (Lipinski definition) is 3. The summed E-state index contributed by atoms with van der Waals surface area (Å²) >= 11 is 0. The van der Waals surface area contributed by atoms with Crippen LogP contribution in [-0.4, -0.2) is 27.4 Å². The first-order valence-electron chi connectivity index (χ1n) is 10.0. The molecule has 28 heavy (non-hydrogen) atoms. The summed E-state index contributed by atoms with van der Waals surface area (Å²) in [6.07, 6.45) is 7.01. The second-order valence-electron chi connectivity index (χ2n) is 7.60. The molecule has 1 saturated carbocycles. The molecule has 4 rings (SSSR count). The fraction of sp³-hybridized carbons (Fsp3) is 0.476. The zero-order valence-corrected chi connectivity index (χ0v) is 15.8. The van der Waals surface area contributed by atoms with E-state index in [-0.39, 0.29) is 36.0 Å². The Balaban J connectivity index is 1.51. The molecule has 2 N–H and O–H groups in total. The smallest absolute Gasteiger partial charge is 0.287 e. The Morgan fingerprint density at radius 2 is 1.82 bits per heavy atom. The van der Waals surface area contributed by atoms with Gasteiger partial charge in [0.05, 0.1) is 5.69 Å². The molecule has 2 aromatic rings. The number of hydrogen-bond donors (Lipinski definition) is 2. The first-order valence-corrected chi connectivity index (χ1v) is 10.0. The molecule has 6 nitrogen and oxygen atoms in total. The third kappa shape index (κ3) is 3.93. The molecular formula is C21H25FN4O2. The summed E-state index contributed by atoms with van der Waals surface area (Å²) in [6.45, 7) is 0.975. The first kappa shape index (κ1) is 18.7. The number of fused-ring (bicyclic) bond motifs is 1. The maximum Gasteiger partial charge on any atom is 0.287 e. The standard InChI is InChI=1S/C21H25FN4O2/c22-15-10-8-14(9-11-15)13-23-21(28)19-25-18(17-7-3-4-12-26(17)19)20(27)24-16-5-1-2-6-16/h8-11,16H,1-7,12-13H2,(H,23,28)(H,24,27). The number of imidazole rings is 1. The van der Waals surface area contributed by atoms with Crippen LogP contribution in [0.2, 0.25) is 0 Å². The number of halogens is 1. The Morgan fingerprint density at radius 3 is 2.57 bits per heavy atom. The van der Waals surface area contributed by atoms with Crippen molar-refractivity contribution in [3.05, 3.63) is 52.9 Å². The van der Waals surface area contributed by atoms with E-state index in [4.69, 9.17) is 0 Å². The highest BCUT2D eigenvalue weighted by atomic mass is 19.1. The fourth-order valence-electron chi connectivity index (χ4n) is 4.09. The summed E-state index contributed by atoms with van der Waals surface area (Å²) in [5, 5.41) is 5.91. The molecule has 0 atom stereocenters. The molecule has 1 fully saturated rings. The largest absolute Gasteiger partial charge is 0.348 e. The normalized spacial score (nSPS) is 16.6. The topological polar surface area (TPSA) is 76.0 Å². The van der Waals surface area contributed by atoms with Crippen LogP contribution in [0.25, 0.3) is 0 Å². The van der Waals surface area contributed by atoms with Crippen LogP contribution in [0, 0.1) is 5.82 Å². The van der Waals surface area contributed by atoms with E-state index in [9.17, 15) is 14.0 Å². The summed E-state index contributed by atoms with van der Waals surface area (Å²) in [7, 11) is 0. The van der Waals surface area contributed by atoms with E-state index in [0.29, 0.717) is 12.2 Å². The second-order valence-corrected chi connectivity index (χ2v) is 7.60. The molecule has 1 aliphatic heterocycles. The molecule has 0 spiro atoms. The van der Waals surface area contributed by atoms with Gasteiger partial charge in [0.25, 0.3) is 11.8 Å². The maximum absolute atomic E-state index is 13.0. The van der Waals surface area contributed by atoms with E-state index in [1.807, 2.05) is 4.57 Å². The minimum atomic E-state index is -0.313. The maximum atomic E-state index is 13.0. The molecule has 2 heterocycles. The Hall–Kier alpha value is -2.70. The van der Waals surface area contributed by atoms with Gasteiger partial charge >= 0.3 is 0 Å². The van der Waals surface area contributed by atoms with E-state index in [2.05, 4.69) is 15.6 Å². The van der Waals surface area contributed by atoms with E-state index >= 15 is 0 Å². The highest BCUT2D eigenvalue weighted by Crippen LogP contribution is 2.23. The lowest BCUT2D eigenvalue weighted by Gasteiger charge is -2.17. The van der Waals surface area contributed by atoms with Crippen LogP contribution in [0.3, 0.4) is 0 Å². The van der Waals surface area contributed by atoms with Gasteiger partial charge in [0.1, 0.15) is 11.5 Å². The zero-order valence-electron chi connectivity index (χ0n) is 15.8. The summed E-state index contributed by atoms with van der Waals surface area (Å²) in [6, 6.07) is 6.22. The quantitative estimate of drug-likeness (QED) is 0.832. The number of benzene rings is 1. The molecule has 0 radical (unpaired) electrons. The lowest BCUT2D eigenvalue weighted by atomic mass is 10.1. The molecule has 0 bridgehead atoms. The van der Waals surface area contributed by atoms with E-state index in [1.54, 1.807) is 12.1 Å². The van der Waals surface area contributed by atoms with Crippen molar-refractivity contribution in [2.24, 2.45) is 0 Å². The van der Waals surface area contributed by atoms with Gasteiger partial charge < -0.3 is 15.2 Å². The number of amides is 2. The van der Waals surface area contributed by atoms with Crippen molar-refractivity contribution >= 4 is 11.8 Å². The Morgan fingerprint density at radius 1 is 1.07 bits per heavy atom. The van der Waals surface area contributed by atoms with Gasteiger partial charge in [-0.3, -0.25) is 9.59 Å². The molecule has 1 aliphatic carbocycles. The van der Waals surface area contributed by atoms with Gasteiger partial charge in [-0.15, -0.1) is 0 Å². The molecule has 1 aromatic heterocycles. The van der Waals surface area contributed by atoms with Gasteiger partial charge in [0, 0.05) is 19.1 Å². The van der Waals surface area contributed by atoms with Crippen LogP contribution in [0.4, 0.5) is 4.39 Å². The van der Waals surface area contributed by atoms with Crippen molar-refractivity contribution in [2.75, 3.05) is 0 Å². The number of nitrogens with one attached hydrogen (secondary N) is 2. The molecule has 0 saturated heterocycles. The highest BCUT2D eigenvalue weighted by molar-refractivity contribution is 5.97. The Kier molecular flexibility index (Phi) is 5.41. The molecule has 2 amide bonds. The number of carbonyl (C=O) groups is 2. The lowest BCUT2D eigenvalue weighted by molar-refractivity contribution is 0.0931. The fourth-order valence-corrected chi connectivity index (χ4v) is 4.09. The van der Waals surface area contributed by atoms with Crippen molar-refractivity contribution < 1.29 is 14.0 Å². The number of rotatable bonds is 5. The van der Waals surface area contributed by atoms with Crippen molar-refractivity contribution in [3.63, 3.8) is 0 Å². The molecule has 1 aromatic carbocycles. The van der Waals surface area contributed by atoms with Gasteiger partial charge in [-0.05, 0) is 49.8 Å². The van der Waals surface area contributed by atoms with E-state index < -0.39 is 0 Å². The van der Waals surface area contributed by atoms with E-state index in [1.165, 1.54) is 12.1 Å². The van der Waals surface area contributed by atoms with Crippen LogP contribution in [-0.2, 0) is 19.5 Å². The molecule has 0 unspecified atom stereocenters. The third-order valence-corrected chi connectivity index (χ3v) is 5.59. The van der Waals surface area contributed by atoms with Gasteiger partial charge in [0.15, 0.2) is 5.82 Å². The average molecular weight is 384 g/mol. The van der Waals surface area contributed by atoms with Crippen molar-refractivity contribution in [2.45, 2.75) is 64.1 Å². The van der Waals surface area contributed by atoms with Gasteiger partial charge in [-0.25, -0.2) is 9.37 Å². The predicted octanol–water partition coefficient (Wildman–Crippen LogP) is 2.96. The van der Waals surface area contributed by atoms with Crippen molar-refractivity contribution in [3.8, 4) is 0 Å². The Bertz CT molecular complexity index is 869. The van der Waals surface area contributed by atoms with Crippen LogP contribution in [0.1, 0.15) is 70.9 Å². The first-order chi connectivity index (χ1) is 13.6. The summed E-state index contributed by atoms with van der Waals surface area (Å²) in [5.41, 5.74) is 2.05. The second kappa shape index (κ2) is 8.12. The van der Waals surface area contributed by atoms with Crippen LogP contribution < -0.4 is 10.6 Å². The average Bonchev–Trinajstić information content (AvgIpc) is 3.35. The molecule has 7 heteroatoms. The molecule has 148 valence electrons. The predicted molar refractivity (Wildman–Crippen MR) is 102 cm³/mol. The third-order valence-electron chi connectivity index (χ3n) is 5.59. The molecular weight excluding hydrogens is 359 g/mol.